The molecule has 25 rings (SSSR count). The number of para-hydroxylation sites is 4. The summed E-state index contributed by atoms with van der Waals surface area (Å²) in [4.78, 5) is 9.42. The SMILES string of the molecule is c1ccc(-c2ccc(N(c3ccc(-c4ccc(N(c5ccccc5)c5ccc6c(c5)-c5ccccc5C6(c5ccccc5)c5ccccc5)cc4)cc3)c3ccc(-c4cccc5oc6ccccc6c45)cc3)cc2)cc1.c1ccc(-c2ccc(N(c3ccccc3)c3ccc(-c4ccc(N(c5ccccc5)c5ccc6c(c5)-c5ccccc5C6(c5ccccc5)c5ccccc5)cc4)cc3)cc2)cc1. The molecular weight excluding hydrogens is 1680 g/mol. The summed E-state index contributed by atoms with van der Waals surface area (Å²) >= 11 is 0. The van der Waals surface area contributed by atoms with E-state index in [9.17, 15) is 0 Å². The Morgan fingerprint density at radius 3 is 0.669 bits per heavy atom. The molecule has 656 valence electrons. The first-order valence-corrected chi connectivity index (χ1v) is 47.7. The number of anilines is 12. The molecule has 0 fully saturated rings. The third-order valence-electron chi connectivity index (χ3n) is 27.9. The molecule has 0 atom stereocenters. The molecule has 1 aromatic heterocycles. The van der Waals surface area contributed by atoms with E-state index in [4.69, 9.17) is 4.42 Å². The molecule has 0 N–H and O–H groups in total. The molecule has 0 aliphatic heterocycles. The molecule has 0 saturated heterocycles. The highest BCUT2D eigenvalue weighted by molar-refractivity contribution is 6.12. The maximum Gasteiger partial charge on any atom is 0.136 e. The summed E-state index contributed by atoms with van der Waals surface area (Å²) in [5.41, 5.74) is 41.0. The van der Waals surface area contributed by atoms with Crippen molar-refractivity contribution in [3.8, 4) is 77.9 Å². The fraction of sp³-hybridized carbons (Fsp3) is 0.0149. The van der Waals surface area contributed by atoms with Gasteiger partial charge in [0.05, 0.1) is 10.8 Å². The molecule has 0 amide bonds. The maximum absolute atomic E-state index is 6.27. The summed E-state index contributed by atoms with van der Waals surface area (Å²) < 4.78 is 6.27. The summed E-state index contributed by atoms with van der Waals surface area (Å²) in [5, 5.41) is 2.26. The average molecular weight is 1780 g/mol. The van der Waals surface area contributed by atoms with E-state index in [1.165, 1.54) is 89.0 Å². The van der Waals surface area contributed by atoms with Gasteiger partial charge in [-0.25, -0.2) is 0 Å². The van der Waals surface area contributed by atoms with Gasteiger partial charge >= 0.3 is 0 Å². The van der Waals surface area contributed by atoms with Gasteiger partial charge in [0, 0.05) is 79.0 Å². The minimum absolute atomic E-state index is 0.438. The number of benzene rings is 22. The predicted octanol–water partition coefficient (Wildman–Crippen LogP) is 36.2. The quantitative estimate of drug-likeness (QED) is 0.0714. The van der Waals surface area contributed by atoms with Crippen molar-refractivity contribution < 1.29 is 4.42 Å². The zero-order chi connectivity index (χ0) is 92.4. The van der Waals surface area contributed by atoms with Crippen molar-refractivity contribution in [3.63, 3.8) is 0 Å². The first-order valence-electron chi connectivity index (χ1n) is 47.7. The van der Waals surface area contributed by atoms with E-state index in [2.05, 4.69) is 578 Å². The molecule has 0 bridgehead atoms. The normalized spacial score (nSPS) is 12.3. The second kappa shape index (κ2) is 36.7. The lowest BCUT2D eigenvalue weighted by atomic mass is 9.68. The summed E-state index contributed by atoms with van der Waals surface area (Å²) in [7, 11) is 0. The largest absolute Gasteiger partial charge is 0.456 e. The first kappa shape index (κ1) is 83.9. The van der Waals surface area contributed by atoms with Gasteiger partial charge in [0.25, 0.3) is 0 Å². The Morgan fingerprint density at radius 2 is 0.353 bits per heavy atom. The van der Waals surface area contributed by atoms with Crippen LogP contribution in [-0.2, 0) is 10.8 Å². The fourth-order valence-electron chi connectivity index (χ4n) is 21.6. The van der Waals surface area contributed by atoms with Gasteiger partial charge in [0.15, 0.2) is 0 Å². The van der Waals surface area contributed by atoms with Gasteiger partial charge in [-0.05, 0) is 280 Å². The van der Waals surface area contributed by atoms with Gasteiger partial charge in [0.2, 0.25) is 0 Å². The van der Waals surface area contributed by atoms with Gasteiger partial charge in [-0.3, -0.25) is 0 Å². The molecule has 0 saturated carbocycles. The molecular formula is C134H94N4O. The Morgan fingerprint density at radius 1 is 0.137 bits per heavy atom. The zero-order valence-electron chi connectivity index (χ0n) is 76.5. The molecule has 2 aliphatic carbocycles. The molecule has 5 nitrogen and oxygen atoms in total. The van der Waals surface area contributed by atoms with Crippen molar-refractivity contribution in [2.24, 2.45) is 0 Å². The minimum atomic E-state index is -0.455. The summed E-state index contributed by atoms with van der Waals surface area (Å²) in [5.74, 6) is 0. The standard InChI is InChI=1S/C73H50N2O.C61H44N2/c1-5-18-51(19-6-1)52-32-40-59(41-33-52)74(61-46-38-55(39-47-61)64-28-17-31-71-72(64)66-27-14-16-30-70(66)76-71)60-42-34-53(35-43-60)54-36-44-62(45-37-54)75(58-24-11-4-12-25-58)63-48-49-69-67(50-63)65-26-13-15-29-68(65)73(69,56-20-7-2-8-21-56)57-22-9-3-10-23-57;1-6-18-45(19-7-1)46-30-36-53(37-31-46)62(51-24-12-4-13-25-51)54-38-32-47(33-39-54)48-34-40-55(41-35-48)63(52-26-14-5-15-27-52)56-42-43-60-58(44-56)57-28-16-17-29-59(57)61(60,49-20-8-2-9-21-49)50-22-10-3-11-23-50/h1-50H;1-44H. The van der Waals surface area contributed by atoms with E-state index in [0.717, 1.165) is 124 Å². The predicted molar refractivity (Wildman–Crippen MR) is 581 cm³/mol. The second-order valence-electron chi connectivity index (χ2n) is 35.7. The van der Waals surface area contributed by atoms with E-state index >= 15 is 0 Å². The summed E-state index contributed by atoms with van der Waals surface area (Å²) in [6, 6.07) is 206. The van der Waals surface area contributed by atoms with Crippen molar-refractivity contribution in [1.82, 2.24) is 0 Å². The number of hydrogen-bond donors (Lipinski definition) is 0. The lowest BCUT2D eigenvalue weighted by Crippen LogP contribution is -2.28. The Balaban J connectivity index is 0.000000154. The van der Waals surface area contributed by atoms with E-state index in [-0.39, 0.29) is 0 Å². The molecule has 0 spiro atoms. The van der Waals surface area contributed by atoms with Crippen LogP contribution in [0.25, 0.3) is 99.8 Å². The molecule has 0 radical (unpaired) electrons. The Hall–Kier alpha value is -18.2. The minimum Gasteiger partial charge on any atom is -0.456 e. The topological polar surface area (TPSA) is 26.1 Å². The number of hydrogen-bond acceptors (Lipinski definition) is 5. The number of fused-ring (bicyclic) bond motifs is 9. The maximum atomic E-state index is 6.27. The molecule has 1 heterocycles. The van der Waals surface area contributed by atoms with Crippen molar-refractivity contribution in [3.05, 3.63) is 615 Å². The lowest BCUT2D eigenvalue weighted by Gasteiger charge is -2.34. The van der Waals surface area contributed by atoms with Crippen LogP contribution in [-0.4, -0.2) is 0 Å². The van der Waals surface area contributed by atoms with Gasteiger partial charge in [0.1, 0.15) is 11.2 Å². The van der Waals surface area contributed by atoms with Crippen LogP contribution in [0.3, 0.4) is 0 Å². The smallest absolute Gasteiger partial charge is 0.136 e. The van der Waals surface area contributed by atoms with Crippen LogP contribution in [0.15, 0.2) is 575 Å². The van der Waals surface area contributed by atoms with E-state index < -0.39 is 10.8 Å². The Kier molecular flexibility index (Phi) is 22.1. The fourth-order valence-corrected chi connectivity index (χ4v) is 21.6. The average Bonchev–Trinajstić information content (AvgIpc) is 1.54. The van der Waals surface area contributed by atoms with E-state index in [0.29, 0.717) is 0 Å². The van der Waals surface area contributed by atoms with E-state index in [1.807, 2.05) is 12.1 Å². The van der Waals surface area contributed by atoms with Crippen LogP contribution in [0.4, 0.5) is 68.2 Å². The van der Waals surface area contributed by atoms with Crippen LogP contribution in [0.1, 0.15) is 44.5 Å². The van der Waals surface area contributed by atoms with Crippen LogP contribution < -0.4 is 19.6 Å². The van der Waals surface area contributed by atoms with Gasteiger partial charge in [-0.1, -0.05) is 413 Å². The highest BCUT2D eigenvalue weighted by atomic mass is 16.3. The van der Waals surface area contributed by atoms with Crippen LogP contribution >= 0.6 is 0 Å². The highest BCUT2D eigenvalue weighted by Gasteiger charge is 2.48. The molecule has 5 heteroatoms. The van der Waals surface area contributed by atoms with Crippen molar-refractivity contribution >= 4 is 90.2 Å². The Bertz CT molecular complexity index is 8180. The van der Waals surface area contributed by atoms with Gasteiger partial charge in [-0.2, -0.15) is 0 Å². The zero-order valence-corrected chi connectivity index (χ0v) is 76.5. The molecule has 2 aliphatic rings. The van der Waals surface area contributed by atoms with Crippen LogP contribution in [0.2, 0.25) is 0 Å². The lowest BCUT2D eigenvalue weighted by molar-refractivity contribution is 0.669. The number of furan rings is 1. The highest BCUT2D eigenvalue weighted by Crippen LogP contribution is 2.60. The first-order chi connectivity index (χ1) is 68.9. The third-order valence-corrected chi connectivity index (χ3v) is 27.9. The summed E-state index contributed by atoms with van der Waals surface area (Å²) in [6.07, 6.45) is 0. The van der Waals surface area contributed by atoms with Crippen LogP contribution in [0.5, 0.6) is 0 Å². The van der Waals surface area contributed by atoms with Crippen molar-refractivity contribution in [1.29, 1.82) is 0 Å². The van der Waals surface area contributed by atoms with Gasteiger partial charge in [-0.15, -0.1) is 0 Å². The molecule has 22 aromatic carbocycles. The number of nitrogens with zero attached hydrogens (tertiary/aromatic N) is 4. The number of rotatable bonds is 21. The van der Waals surface area contributed by atoms with Crippen molar-refractivity contribution in [2.45, 2.75) is 10.8 Å². The Labute approximate surface area is 811 Å². The monoisotopic (exact) mass is 1770 g/mol. The molecule has 23 aromatic rings. The third kappa shape index (κ3) is 15.4. The van der Waals surface area contributed by atoms with E-state index in [1.54, 1.807) is 0 Å². The van der Waals surface area contributed by atoms with Crippen LogP contribution in [0, 0.1) is 0 Å². The van der Waals surface area contributed by atoms with Crippen molar-refractivity contribution in [2.75, 3.05) is 19.6 Å². The molecule has 139 heavy (non-hydrogen) atoms. The second-order valence-corrected chi connectivity index (χ2v) is 35.7. The summed E-state index contributed by atoms with van der Waals surface area (Å²) in [6.45, 7) is 0. The van der Waals surface area contributed by atoms with Gasteiger partial charge < -0.3 is 24.0 Å². The molecule has 0 unspecified atom stereocenters.